The molecule has 156 valence electrons. The monoisotopic (exact) mass is 422 g/mol. The normalized spacial score (nSPS) is 16.0. The summed E-state index contributed by atoms with van der Waals surface area (Å²) in [6, 6.07) is 15.6. The fraction of sp³-hybridized carbons (Fsp3) is 0.333. The van der Waals surface area contributed by atoms with Crippen LogP contribution in [0.15, 0.2) is 54.7 Å². The van der Waals surface area contributed by atoms with Gasteiger partial charge in [-0.15, -0.1) is 0 Å². The molecule has 0 spiro atoms. The van der Waals surface area contributed by atoms with Crippen LogP contribution < -0.4 is 15.0 Å². The molecule has 1 aliphatic rings. The van der Waals surface area contributed by atoms with Gasteiger partial charge >= 0.3 is 0 Å². The molecule has 0 aliphatic carbocycles. The fourth-order valence-corrected chi connectivity index (χ4v) is 3.99. The van der Waals surface area contributed by atoms with Gasteiger partial charge in [-0.1, -0.05) is 30.7 Å². The number of fused-ring (bicyclic) bond motifs is 1. The van der Waals surface area contributed by atoms with Crippen molar-refractivity contribution in [1.29, 1.82) is 0 Å². The summed E-state index contributed by atoms with van der Waals surface area (Å²) in [5, 5.41) is 4.34. The van der Waals surface area contributed by atoms with Gasteiger partial charge in [-0.05, 0) is 50.1 Å². The third-order valence-electron chi connectivity index (χ3n) is 5.35. The van der Waals surface area contributed by atoms with E-state index in [-0.39, 0.29) is 6.04 Å². The van der Waals surface area contributed by atoms with Gasteiger partial charge < -0.3 is 15.0 Å². The third kappa shape index (κ3) is 4.68. The standard InChI is InChI=1S/C24H27ClN4O/c1-3-23-26-16-21-22(12-7-13-29(4-2)24(21)28-23)27-18-9-6-11-20(15-18)30-19-10-5-8-17(25)14-19/h5-6,8-11,14-16,22,27H,3-4,7,12-13H2,1-2H3. The van der Waals surface area contributed by atoms with Gasteiger partial charge in [-0.3, -0.25) is 0 Å². The van der Waals surface area contributed by atoms with Gasteiger partial charge in [0.1, 0.15) is 23.1 Å². The molecule has 1 atom stereocenters. The fourth-order valence-electron chi connectivity index (χ4n) is 3.81. The summed E-state index contributed by atoms with van der Waals surface area (Å²) >= 11 is 6.07. The number of rotatable bonds is 6. The molecule has 30 heavy (non-hydrogen) atoms. The molecule has 4 rings (SSSR count). The molecule has 3 aromatic rings. The number of hydrogen-bond donors (Lipinski definition) is 1. The highest BCUT2D eigenvalue weighted by Crippen LogP contribution is 2.34. The Bertz CT molecular complexity index is 1010. The number of hydrogen-bond acceptors (Lipinski definition) is 5. The number of nitrogens with zero attached hydrogens (tertiary/aromatic N) is 3. The maximum Gasteiger partial charge on any atom is 0.137 e. The molecule has 1 aliphatic heterocycles. The lowest BCUT2D eigenvalue weighted by Gasteiger charge is -2.24. The van der Waals surface area contributed by atoms with E-state index in [1.165, 1.54) is 0 Å². The number of benzene rings is 2. The first kappa shape index (κ1) is 20.5. The summed E-state index contributed by atoms with van der Waals surface area (Å²) in [4.78, 5) is 11.8. The highest BCUT2D eigenvalue weighted by molar-refractivity contribution is 6.30. The number of anilines is 2. The Kier molecular flexibility index (Phi) is 6.38. The van der Waals surface area contributed by atoms with Gasteiger partial charge in [0.05, 0.1) is 6.04 Å². The molecule has 5 nitrogen and oxygen atoms in total. The first-order valence-electron chi connectivity index (χ1n) is 10.6. The van der Waals surface area contributed by atoms with E-state index in [0.717, 1.165) is 66.7 Å². The molecule has 6 heteroatoms. The molecule has 0 fully saturated rings. The number of aromatic nitrogens is 2. The lowest BCUT2D eigenvalue weighted by Crippen LogP contribution is -2.25. The highest BCUT2D eigenvalue weighted by Gasteiger charge is 2.24. The lowest BCUT2D eigenvalue weighted by atomic mass is 10.0. The minimum absolute atomic E-state index is 0.156. The van der Waals surface area contributed by atoms with E-state index in [9.17, 15) is 0 Å². The van der Waals surface area contributed by atoms with Crippen molar-refractivity contribution in [3.8, 4) is 11.5 Å². The van der Waals surface area contributed by atoms with Crippen molar-refractivity contribution in [2.45, 2.75) is 39.2 Å². The van der Waals surface area contributed by atoms with Crippen LogP contribution in [0, 0.1) is 0 Å². The zero-order chi connectivity index (χ0) is 20.9. The van der Waals surface area contributed by atoms with Gasteiger partial charge in [0.2, 0.25) is 0 Å². The van der Waals surface area contributed by atoms with Crippen LogP contribution in [-0.2, 0) is 6.42 Å². The molecular weight excluding hydrogens is 396 g/mol. The summed E-state index contributed by atoms with van der Waals surface area (Å²) in [5.41, 5.74) is 2.17. The number of nitrogens with one attached hydrogen (secondary N) is 1. The summed E-state index contributed by atoms with van der Waals surface area (Å²) in [6.45, 7) is 6.24. The third-order valence-corrected chi connectivity index (χ3v) is 5.58. The average molecular weight is 423 g/mol. The Labute approximate surface area is 183 Å². The average Bonchev–Trinajstić information content (AvgIpc) is 2.92. The molecule has 0 radical (unpaired) electrons. The van der Waals surface area contributed by atoms with Gasteiger partial charge in [0, 0.05) is 48.0 Å². The number of ether oxygens (including phenoxy) is 1. The van der Waals surface area contributed by atoms with Crippen LogP contribution in [0.25, 0.3) is 0 Å². The second-order valence-electron chi connectivity index (χ2n) is 7.42. The van der Waals surface area contributed by atoms with Crippen LogP contribution in [0.4, 0.5) is 11.5 Å². The molecule has 0 saturated carbocycles. The van der Waals surface area contributed by atoms with Crippen LogP contribution in [0.2, 0.25) is 5.02 Å². The topological polar surface area (TPSA) is 50.3 Å². The Morgan fingerprint density at radius 3 is 2.70 bits per heavy atom. The van der Waals surface area contributed by atoms with E-state index >= 15 is 0 Å². The molecule has 0 amide bonds. The summed E-state index contributed by atoms with van der Waals surface area (Å²) < 4.78 is 5.99. The molecule has 2 aromatic carbocycles. The quantitative estimate of drug-likeness (QED) is 0.508. The van der Waals surface area contributed by atoms with Crippen molar-refractivity contribution < 1.29 is 4.74 Å². The predicted octanol–water partition coefficient (Wildman–Crippen LogP) is 6.26. The first-order chi connectivity index (χ1) is 14.7. The SMILES string of the molecule is CCc1ncc2c(n1)N(CC)CCCC2Nc1cccc(Oc2cccc(Cl)c2)c1. The molecule has 1 aromatic heterocycles. The van der Waals surface area contributed by atoms with E-state index < -0.39 is 0 Å². The van der Waals surface area contributed by atoms with E-state index in [4.69, 9.17) is 21.3 Å². The molecule has 1 unspecified atom stereocenters. The van der Waals surface area contributed by atoms with E-state index in [1.54, 1.807) is 0 Å². The van der Waals surface area contributed by atoms with Crippen molar-refractivity contribution in [2.75, 3.05) is 23.3 Å². The van der Waals surface area contributed by atoms with Gasteiger partial charge in [0.25, 0.3) is 0 Å². The summed E-state index contributed by atoms with van der Waals surface area (Å²) in [6.07, 6.45) is 4.96. The highest BCUT2D eigenvalue weighted by atomic mass is 35.5. The van der Waals surface area contributed by atoms with E-state index in [0.29, 0.717) is 5.02 Å². The molecule has 1 N–H and O–H groups in total. The van der Waals surface area contributed by atoms with Crippen LogP contribution in [-0.4, -0.2) is 23.1 Å². The minimum atomic E-state index is 0.156. The Hall–Kier alpha value is -2.79. The van der Waals surface area contributed by atoms with Crippen LogP contribution >= 0.6 is 11.6 Å². The lowest BCUT2D eigenvalue weighted by molar-refractivity contribution is 0.483. The summed E-state index contributed by atoms with van der Waals surface area (Å²) in [7, 11) is 0. The maximum absolute atomic E-state index is 6.07. The van der Waals surface area contributed by atoms with E-state index in [2.05, 4.69) is 35.1 Å². The molecule has 2 heterocycles. The van der Waals surface area contributed by atoms with Crippen LogP contribution in [0.5, 0.6) is 11.5 Å². The van der Waals surface area contributed by atoms with Gasteiger partial charge in [-0.2, -0.15) is 0 Å². The van der Waals surface area contributed by atoms with Gasteiger partial charge in [-0.25, -0.2) is 9.97 Å². The van der Waals surface area contributed by atoms with Crippen molar-refractivity contribution in [3.05, 3.63) is 71.1 Å². The van der Waals surface area contributed by atoms with Gasteiger partial charge in [0.15, 0.2) is 0 Å². The second kappa shape index (κ2) is 9.35. The van der Waals surface area contributed by atoms with Crippen LogP contribution in [0.3, 0.4) is 0 Å². The van der Waals surface area contributed by atoms with Crippen molar-refractivity contribution in [1.82, 2.24) is 9.97 Å². The Morgan fingerprint density at radius 1 is 1.13 bits per heavy atom. The van der Waals surface area contributed by atoms with Crippen LogP contribution in [0.1, 0.15) is 44.1 Å². The number of halogens is 1. The maximum atomic E-state index is 6.07. The van der Waals surface area contributed by atoms with Crippen molar-refractivity contribution >= 4 is 23.1 Å². The van der Waals surface area contributed by atoms with Crippen molar-refractivity contribution in [2.24, 2.45) is 0 Å². The predicted molar refractivity (Wildman–Crippen MR) is 123 cm³/mol. The molecule has 0 saturated heterocycles. The largest absolute Gasteiger partial charge is 0.457 e. The second-order valence-corrected chi connectivity index (χ2v) is 7.86. The number of aryl methyl sites for hydroxylation is 1. The van der Waals surface area contributed by atoms with Crippen molar-refractivity contribution in [3.63, 3.8) is 0 Å². The smallest absolute Gasteiger partial charge is 0.137 e. The zero-order valence-electron chi connectivity index (χ0n) is 17.4. The first-order valence-corrected chi connectivity index (χ1v) is 10.9. The molecular formula is C24H27ClN4O. The Morgan fingerprint density at radius 2 is 1.93 bits per heavy atom. The molecule has 0 bridgehead atoms. The van der Waals surface area contributed by atoms with E-state index in [1.807, 2.05) is 48.7 Å². The summed E-state index contributed by atoms with van der Waals surface area (Å²) in [5.74, 6) is 3.44. The minimum Gasteiger partial charge on any atom is -0.457 e. The Balaban J connectivity index is 1.58. The zero-order valence-corrected chi connectivity index (χ0v) is 18.2.